The smallest absolute Gasteiger partial charge is 0.346 e. The minimum Gasteiger partial charge on any atom is -0.346 e. The van der Waals surface area contributed by atoms with Crippen LogP contribution in [-0.4, -0.2) is 72.2 Å². The van der Waals surface area contributed by atoms with Gasteiger partial charge in [0.05, 0.1) is 5.56 Å². The first-order valence-corrected chi connectivity index (χ1v) is 10.4. The number of likely N-dealkylation sites (N-methyl/N-ethyl adjacent to an activating group) is 1. The number of benzene rings is 1. The molecule has 2 fully saturated rings. The van der Waals surface area contributed by atoms with Gasteiger partial charge in [0.2, 0.25) is 0 Å². The number of piperidine rings is 1. The highest BCUT2D eigenvalue weighted by Crippen LogP contribution is 2.30. The van der Waals surface area contributed by atoms with Gasteiger partial charge in [0.15, 0.2) is 5.11 Å². The van der Waals surface area contributed by atoms with Crippen LogP contribution in [-0.2, 0) is 6.18 Å². The Morgan fingerprint density at radius 1 is 1.07 bits per heavy atom. The molecular weight excluding hydrogens is 385 g/mol. The Balaban J connectivity index is 1.54. The molecule has 8 heteroatoms. The van der Waals surface area contributed by atoms with Gasteiger partial charge in [-0.1, -0.05) is 0 Å². The van der Waals surface area contributed by atoms with Gasteiger partial charge >= 0.3 is 6.18 Å². The minimum absolute atomic E-state index is 0.392. The van der Waals surface area contributed by atoms with E-state index in [4.69, 9.17) is 12.2 Å². The summed E-state index contributed by atoms with van der Waals surface area (Å²) in [4.78, 5) is 7.10. The average molecular weight is 415 g/mol. The monoisotopic (exact) mass is 414 g/mol. The van der Waals surface area contributed by atoms with Crippen LogP contribution in [0.4, 0.5) is 18.9 Å². The predicted octanol–water partition coefficient (Wildman–Crippen LogP) is 3.89. The largest absolute Gasteiger partial charge is 0.416 e. The minimum atomic E-state index is -4.32. The molecule has 1 aromatic rings. The quantitative estimate of drug-likeness (QED) is 0.753. The number of piperazine rings is 1. The summed E-state index contributed by atoms with van der Waals surface area (Å²) in [6.45, 7) is 6.41. The molecule has 0 aromatic heterocycles. The fourth-order valence-electron chi connectivity index (χ4n) is 3.91. The number of anilines is 1. The molecule has 0 bridgehead atoms. The van der Waals surface area contributed by atoms with E-state index in [9.17, 15) is 13.2 Å². The molecule has 2 heterocycles. The van der Waals surface area contributed by atoms with E-state index in [-0.39, 0.29) is 0 Å². The van der Waals surface area contributed by atoms with E-state index in [1.807, 2.05) is 0 Å². The molecule has 0 saturated carbocycles. The summed E-state index contributed by atoms with van der Waals surface area (Å²) in [5, 5.41) is 3.75. The first-order valence-electron chi connectivity index (χ1n) is 9.99. The van der Waals surface area contributed by atoms with Gasteiger partial charge in [0.25, 0.3) is 0 Å². The highest BCUT2D eigenvalue weighted by atomic mass is 32.1. The third kappa shape index (κ3) is 5.81. The fourth-order valence-corrected chi connectivity index (χ4v) is 4.27. The molecule has 3 rings (SSSR count). The molecule has 1 unspecified atom stereocenters. The van der Waals surface area contributed by atoms with E-state index in [0.29, 0.717) is 16.8 Å². The lowest BCUT2D eigenvalue weighted by atomic mass is 9.99. The van der Waals surface area contributed by atoms with Gasteiger partial charge in [0.1, 0.15) is 0 Å². The van der Waals surface area contributed by atoms with Crippen molar-refractivity contribution in [3.8, 4) is 0 Å². The average Bonchev–Trinajstić information content (AvgIpc) is 2.67. The van der Waals surface area contributed by atoms with Crippen molar-refractivity contribution in [1.82, 2.24) is 14.7 Å². The maximum atomic E-state index is 12.7. The summed E-state index contributed by atoms with van der Waals surface area (Å²) < 4.78 is 38.2. The van der Waals surface area contributed by atoms with E-state index in [1.165, 1.54) is 18.6 Å². The molecule has 0 spiro atoms. The van der Waals surface area contributed by atoms with Gasteiger partial charge in [0, 0.05) is 51.0 Å². The van der Waals surface area contributed by atoms with Crippen molar-refractivity contribution in [2.24, 2.45) is 0 Å². The maximum absolute atomic E-state index is 12.7. The van der Waals surface area contributed by atoms with Gasteiger partial charge in [-0.3, -0.25) is 0 Å². The topological polar surface area (TPSA) is 21.8 Å². The summed E-state index contributed by atoms with van der Waals surface area (Å²) in [5.74, 6) is 0. The zero-order chi connectivity index (χ0) is 20.1. The summed E-state index contributed by atoms with van der Waals surface area (Å²) >= 11 is 5.60. The van der Waals surface area contributed by atoms with Gasteiger partial charge in [-0.25, -0.2) is 0 Å². The molecule has 0 amide bonds. The van der Waals surface area contributed by atoms with Crippen molar-refractivity contribution in [1.29, 1.82) is 0 Å². The van der Waals surface area contributed by atoms with Crippen molar-refractivity contribution in [2.75, 3.05) is 51.6 Å². The number of nitrogens with one attached hydrogen (secondary N) is 1. The van der Waals surface area contributed by atoms with Crippen LogP contribution in [0.1, 0.15) is 31.2 Å². The Morgan fingerprint density at radius 2 is 1.75 bits per heavy atom. The maximum Gasteiger partial charge on any atom is 0.416 e. The van der Waals surface area contributed by atoms with Gasteiger partial charge < -0.3 is 20.0 Å². The number of alkyl halides is 3. The van der Waals surface area contributed by atoms with E-state index < -0.39 is 11.7 Å². The Bertz CT molecular complexity index is 642. The highest BCUT2D eigenvalue weighted by Gasteiger charge is 2.30. The van der Waals surface area contributed by atoms with Crippen molar-refractivity contribution in [2.45, 2.75) is 37.9 Å². The second kappa shape index (κ2) is 9.41. The summed E-state index contributed by atoms with van der Waals surface area (Å²) in [6.07, 6.45) is 0.161. The van der Waals surface area contributed by atoms with E-state index in [0.717, 1.165) is 70.7 Å². The Kier molecular flexibility index (Phi) is 7.17. The Labute approximate surface area is 170 Å². The number of halogens is 3. The van der Waals surface area contributed by atoms with Gasteiger partial charge in [-0.2, -0.15) is 13.2 Å². The molecule has 1 aromatic carbocycles. The van der Waals surface area contributed by atoms with Crippen LogP contribution in [0.2, 0.25) is 0 Å². The van der Waals surface area contributed by atoms with Crippen molar-refractivity contribution in [3.05, 3.63) is 29.8 Å². The van der Waals surface area contributed by atoms with Crippen molar-refractivity contribution < 1.29 is 13.2 Å². The molecule has 2 aliphatic heterocycles. The zero-order valence-electron chi connectivity index (χ0n) is 16.3. The molecule has 0 aliphatic carbocycles. The number of rotatable bonds is 4. The van der Waals surface area contributed by atoms with Crippen molar-refractivity contribution in [3.63, 3.8) is 0 Å². The second-order valence-electron chi connectivity index (χ2n) is 7.78. The molecule has 156 valence electrons. The normalized spacial score (nSPS) is 22.3. The molecule has 0 radical (unpaired) electrons. The lowest BCUT2D eigenvalue weighted by Gasteiger charge is -2.39. The molecule has 2 saturated heterocycles. The SMILES string of the molecule is CN1CCN(CCC2CCCCN2C(=S)Nc2ccc(C(F)(F)F)cc2)CC1. The van der Waals surface area contributed by atoms with E-state index in [1.54, 1.807) is 0 Å². The van der Waals surface area contributed by atoms with Crippen molar-refractivity contribution >= 4 is 23.0 Å². The van der Waals surface area contributed by atoms with Crippen LogP contribution in [0.25, 0.3) is 0 Å². The first-order chi connectivity index (χ1) is 13.3. The lowest BCUT2D eigenvalue weighted by Crippen LogP contribution is -2.49. The summed E-state index contributed by atoms with van der Waals surface area (Å²) in [7, 11) is 2.16. The molecule has 2 aliphatic rings. The first kappa shape index (κ1) is 21.3. The standard InChI is InChI=1S/C20H29F3N4S/c1-25-12-14-26(15-13-25)11-9-18-4-2-3-10-27(18)19(28)24-17-7-5-16(6-8-17)20(21,22)23/h5-8,18H,2-4,9-15H2,1H3,(H,24,28). The van der Waals surface area contributed by atoms with Crippen LogP contribution >= 0.6 is 12.2 Å². The number of likely N-dealkylation sites (tertiary alicyclic amines) is 1. The van der Waals surface area contributed by atoms with Crippen LogP contribution in [0.15, 0.2) is 24.3 Å². The van der Waals surface area contributed by atoms with Crippen LogP contribution < -0.4 is 5.32 Å². The summed E-state index contributed by atoms with van der Waals surface area (Å²) in [6, 6.07) is 5.46. The zero-order valence-corrected chi connectivity index (χ0v) is 17.2. The fraction of sp³-hybridized carbons (Fsp3) is 0.650. The molecule has 1 N–H and O–H groups in total. The number of hydrogen-bond donors (Lipinski definition) is 1. The van der Waals surface area contributed by atoms with Crippen LogP contribution in [0.3, 0.4) is 0 Å². The molecule has 28 heavy (non-hydrogen) atoms. The number of thiocarbonyl (C=S) groups is 1. The van der Waals surface area contributed by atoms with E-state index in [2.05, 4.69) is 27.1 Å². The number of hydrogen-bond acceptors (Lipinski definition) is 3. The number of nitrogens with zero attached hydrogens (tertiary/aromatic N) is 3. The van der Waals surface area contributed by atoms with E-state index >= 15 is 0 Å². The van der Waals surface area contributed by atoms with Gasteiger partial charge in [-0.05, 0) is 69.2 Å². The third-order valence-electron chi connectivity index (χ3n) is 5.73. The lowest BCUT2D eigenvalue weighted by molar-refractivity contribution is -0.137. The predicted molar refractivity (Wildman–Crippen MR) is 111 cm³/mol. The van der Waals surface area contributed by atoms with Crippen LogP contribution in [0, 0.1) is 0 Å². The summed E-state index contributed by atoms with van der Waals surface area (Å²) in [5.41, 5.74) is -0.0478. The Hall–Kier alpha value is -1.38. The van der Waals surface area contributed by atoms with Gasteiger partial charge in [-0.15, -0.1) is 0 Å². The second-order valence-corrected chi connectivity index (χ2v) is 8.17. The third-order valence-corrected chi connectivity index (χ3v) is 6.06. The molecule has 1 atom stereocenters. The highest BCUT2D eigenvalue weighted by molar-refractivity contribution is 7.80. The molecular formula is C20H29F3N4S. The van der Waals surface area contributed by atoms with Crippen LogP contribution in [0.5, 0.6) is 0 Å². The Morgan fingerprint density at radius 3 is 2.39 bits per heavy atom. The molecule has 4 nitrogen and oxygen atoms in total.